The van der Waals surface area contributed by atoms with Gasteiger partial charge in [-0.25, -0.2) is 0 Å². The molecule has 0 amide bonds. The first-order valence-corrected chi connectivity index (χ1v) is 8.41. The number of hydrogen-bond donors (Lipinski definition) is 0. The van der Waals surface area contributed by atoms with E-state index in [1.54, 1.807) is 0 Å². The zero-order chi connectivity index (χ0) is 14.8. The fourth-order valence-electron chi connectivity index (χ4n) is 3.32. The minimum Gasteiger partial charge on any atom is -0.466 e. The van der Waals surface area contributed by atoms with Crippen molar-refractivity contribution in [2.24, 2.45) is 5.92 Å². The Bertz CT molecular complexity index is 641. The third-order valence-electron chi connectivity index (χ3n) is 4.42. The molecule has 112 valence electrons. The summed E-state index contributed by atoms with van der Waals surface area (Å²) in [6.45, 7) is 2.35. The highest BCUT2D eigenvalue weighted by atomic mass is 79.9. The SMILES string of the molecule is CCOC(=O)C1CCC(n2ccc3c(Br)cccc32)CC1. The first kappa shape index (κ1) is 14.6. The van der Waals surface area contributed by atoms with E-state index in [4.69, 9.17) is 4.74 Å². The molecule has 0 bridgehead atoms. The van der Waals surface area contributed by atoms with Crippen LogP contribution in [0.1, 0.15) is 38.6 Å². The van der Waals surface area contributed by atoms with Gasteiger partial charge in [0.2, 0.25) is 0 Å². The predicted octanol–water partition coefficient (Wildman–Crippen LogP) is 4.70. The Labute approximate surface area is 133 Å². The number of benzene rings is 1. The monoisotopic (exact) mass is 349 g/mol. The maximum atomic E-state index is 11.8. The number of nitrogens with zero attached hydrogens (tertiary/aromatic N) is 1. The minimum atomic E-state index is -0.0175. The molecule has 0 unspecified atom stereocenters. The van der Waals surface area contributed by atoms with Crippen molar-refractivity contribution in [1.29, 1.82) is 0 Å². The molecular formula is C17H20BrNO2. The zero-order valence-electron chi connectivity index (χ0n) is 12.2. The van der Waals surface area contributed by atoms with E-state index in [0.29, 0.717) is 12.6 Å². The van der Waals surface area contributed by atoms with Crippen molar-refractivity contribution in [2.45, 2.75) is 38.6 Å². The summed E-state index contributed by atoms with van der Waals surface area (Å²) in [4.78, 5) is 11.8. The first-order chi connectivity index (χ1) is 10.2. The second kappa shape index (κ2) is 6.22. The largest absolute Gasteiger partial charge is 0.466 e. The average Bonchev–Trinajstić information content (AvgIpc) is 2.93. The van der Waals surface area contributed by atoms with Gasteiger partial charge in [0.25, 0.3) is 0 Å². The van der Waals surface area contributed by atoms with Crippen molar-refractivity contribution >= 4 is 32.8 Å². The number of rotatable bonds is 3. The molecule has 1 aromatic heterocycles. The number of hydrogen-bond acceptors (Lipinski definition) is 2. The number of carbonyl (C=O) groups excluding carboxylic acids is 1. The minimum absolute atomic E-state index is 0.0175. The van der Waals surface area contributed by atoms with E-state index in [1.165, 1.54) is 10.9 Å². The van der Waals surface area contributed by atoms with Gasteiger partial charge in [-0.1, -0.05) is 22.0 Å². The topological polar surface area (TPSA) is 31.2 Å². The number of aromatic nitrogens is 1. The highest BCUT2D eigenvalue weighted by Crippen LogP contribution is 2.36. The van der Waals surface area contributed by atoms with Gasteiger partial charge < -0.3 is 9.30 Å². The van der Waals surface area contributed by atoms with Gasteiger partial charge in [-0.2, -0.15) is 0 Å². The molecule has 4 heteroatoms. The summed E-state index contributed by atoms with van der Waals surface area (Å²) in [5.41, 5.74) is 1.27. The highest BCUT2D eigenvalue weighted by molar-refractivity contribution is 9.10. The molecule has 1 aliphatic rings. The van der Waals surface area contributed by atoms with Gasteiger partial charge in [0.1, 0.15) is 0 Å². The molecule has 3 nitrogen and oxygen atoms in total. The highest BCUT2D eigenvalue weighted by Gasteiger charge is 2.28. The van der Waals surface area contributed by atoms with Crippen LogP contribution in [0, 0.1) is 5.92 Å². The third kappa shape index (κ3) is 2.86. The van der Waals surface area contributed by atoms with Gasteiger partial charge in [-0.3, -0.25) is 4.79 Å². The molecule has 0 N–H and O–H groups in total. The molecule has 3 rings (SSSR count). The lowest BCUT2D eigenvalue weighted by atomic mass is 9.86. The van der Waals surface area contributed by atoms with E-state index >= 15 is 0 Å². The van der Waals surface area contributed by atoms with Crippen LogP contribution in [-0.4, -0.2) is 17.1 Å². The van der Waals surface area contributed by atoms with Crippen LogP contribution < -0.4 is 0 Å². The fourth-order valence-corrected chi connectivity index (χ4v) is 3.81. The van der Waals surface area contributed by atoms with E-state index in [2.05, 4.69) is 51.0 Å². The molecule has 1 aromatic carbocycles. The summed E-state index contributed by atoms with van der Waals surface area (Å²) < 4.78 is 8.64. The van der Waals surface area contributed by atoms with Gasteiger partial charge in [0.15, 0.2) is 0 Å². The van der Waals surface area contributed by atoms with Crippen molar-refractivity contribution < 1.29 is 9.53 Å². The van der Waals surface area contributed by atoms with Crippen molar-refractivity contribution in [3.05, 3.63) is 34.9 Å². The fraction of sp³-hybridized carbons (Fsp3) is 0.471. The van der Waals surface area contributed by atoms with Gasteiger partial charge in [-0.05, 0) is 50.8 Å². The molecular weight excluding hydrogens is 330 g/mol. The van der Waals surface area contributed by atoms with Crippen LogP contribution in [0.3, 0.4) is 0 Å². The lowest BCUT2D eigenvalue weighted by Gasteiger charge is -2.29. The molecule has 1 fully saturated rings. The summed E-state index contributed by atoms with van der Waals surface area (Å²) in [7, 11) is 0. The molecule has 0 spiro atoms. The second-order valence-electron chi connectivity index (χ2n) is 5.65. The van der Waals surface area contributed by atoms with Crippen LogP contribution in [0.15, 0.2) is 34.9 Å². The van der Waals surface area contributed by atoms with Gasteiger partial charge in [-0.15, -0.1) is 0 Å². The van der Waals surface area contributed by atoms with Crippen LogP contribution in [-0.2, 0) is 9.53 Å². The number of fused-ring (bicyclic) bond motifs is 1. The van der Waals surface area contributed by atoms with Gasteiger partial charge in [0.05, 0.1) is 12.5 Å². The summed E-state index contributed by atoms with van der Waals surface area (Å²) in [5.74, 6) is 0.0748. The van der Waals surface area contributed by atoms with Crippen LogP contribution in [0.25, 0.3) is 10.9 Å². The Morgan fingerprint density at radius 3 is 2.76 bits per heavy atom. The quantitative estimate of drug-likeness (QED) is 0.752. The normalized spacial score (nSPS) is 22.4. The standard InChI is InChI=1S/C17H20BrNO2/c1-2-21-17(20)12-6-8-13(9-7-12)19-11-10-14-15(18)4-3-5-16(14)19/h3-5,10-13H,2,6-9H2,1H3. The molecule has 1 heterocycles. The van der Waals surface area contributed by atoms with E-state index in [-0.39, 0.29) is 11.9 Å². The van der Waals surface area contributed by atoms with Gasteiger partial charge in [0, 0.05) is 27.6 Å². The molecule has 1 aliphatic carbocycles. The zero-order valence-corrected chi connectivity index (χ0v) is 13.8. The summed E-state index contributed by atoms with van der Waals surface area (Å²) in [6, 6.07) is 8.97. The Morgan fingerprint density at radius 2 is 2.05 bits per heavy atom. The maximum Gasteiger partial charge on any atom is 0.308 e. The van der Waals surface area contributed by atoms with Crippen molar-refractivity contribution in [3.63, 3.8) is 0 Å². The van der Waals surface area contributed by atoms with Crippen LogP contribution >= 0.6 is 15.9 Å². The molecule has 1 saturated carbocycles. The maximum absolute atomic E-state index is 11.8. The predicted molar refractivity (Wildman–Crippen MR) is 87.3 cm³/mol. The van der Waals surface area contributed by atoms with E-state index in [0.717, 1.165) is 30.2 Å². The molecule has 0 aliphatic heterocycles. The molecule has 0 radical (unpaired) electrons. The Balaban J connectivity index is 1.74. The van der Waals surface area contributed by atoms with Crippen LogP contribution in [0.4, 0.5) is 0 Å². The van der Waals surface area contributed by atoms with E-state index in [9.17, 15) is 4.79 Å². The number of halogens is 1. The average molecular weight is 350 g/mol. The first-order valence-electron chi connectivity index (χ1n) is 7.62. The molecule has 0 atom stereocenters. The second-order valence-corrected chi connectivity index (χ2v) is 6.51. The number of esters is 1. The van der Waals surface area contributed by atoms with E-state index < -0.39 is 0 Å². The van der Waals surface area contributed by atoms with Crippen molar-refractivity contribution in [1.82, 2.24) is 4.57 Å². The molecule has 0 saturated heterocycles. The van der Waals surface area contributed by atoms with Gasteiger partial charge >= 0.3 is 5.97 Å². The summed E-state index contributed by atoms with van der Waals surface area (Å²) >= 11 is 3.61. The summed E-state index contributed by atoms with van der Waals surface area (Å²) in [5, 5.41) is 1.25. The number of carbonyl (C=O) groups is 1. The van der Waals surface area contributed by atoms with Crippen LogP contribution in [0.2, 0.25) is 0 Å². The Hall–Kier alpha value is -1.29. The van der Waals surface area contributed by atoms with Crippen molar-refractivity contribution in [2.75, 3.05) is 6.61 Å². The van der Waals surface area contributed by atoms with Crippen molar-refractivity contribution in [3.8, 4) is 0 Å². The summed E-state index contributed by atoms with van der Waals surface area (Å²) in [6.07, 6.45) is 6.11. The number of ether oxygens (including phenoxy) is 1. The lowest BCUT2D eigenvalue weighted by Crippen LogP contribution is -2.25. The third-order valence-corrected chi connectivity index (χ3v) is 5.11. The van der Waals surface area contributed by atoms with Crippen LogP contribution in [0.5, 0.6) is 0 Å². The Kier molecular flexibility index (Phi) is 4.34. The molecule has 2 aromatic rings. The molecule has 21 heavy (non-hydrogen) atoms. The lowest BCUT2D eigenvalue weighted by molar-refractivity contribution is -0.149. The Morgan fingerprint density at radius 1 is 1.29 bits per heavy atom. The smallest absolute Gasteiger partial charge is 0.308 e. The van der Waals surface area contributed by atoms with E-state index in [1.807, 2.05) is 6.92 Å².